The zero-order valence-electron chi connectivity index (χ0n) is 14.1. The van der Waals surface area contributed by atoms with E-state index < -0.39 is 0 Å². The van der Waals surface area contributed by atoms with E-state index in [0.29, 0.717) is 11.4 Å². The number of rotatable bonds is 4. The zero-order valence-corrected chi connectivity index (χ0v) is 14.1. The molecule has 1 amide bonds. The molecule has 24 heavy (non-hydrogen) atoms. The minimum atomic E-state index is -0.187. The Bertz CT molecular complexity index is 720. The highest BCUT2D eigenvalue weighted by Gasteiger charge is 2.23. The minimum Gasteiger partial charge on any atom is -0.369 e. The molecule has 0 bridgehead atoms. The summed E-state index contributed by atoms with van der Waals surface area (Å²) < 4.78 is 15.7. The second-order valence-electron chi connectivity index (χ2n) is 6.25. The van der Waals surface area contributed by atoms with E-state index in [4.69, 9.17) is 0 Å². The van der Waals surface area contributed by atoms with Crippen LogP contribution in [0.2, 0.25) is 0 Å². The maximum absolute atomic E-state index is 14.0. The van der Waals surface area contributed by atoms with Crippen LogP contribution in [0.1, 0.15) is 35.8 Å². The first kappa shape index (κ1) is 16.5. The predicted octanol–water partition coefficient (Wildman–Crippen LogP) is 2.75. The van der Waals surface area contributed by atoms with Gasteiger partial charge in [0.15, 0.2) is 0 Å². The van der Waals surface area contributed by atoms with E-state index in [1.165, 1.54) is 6.07 Å². The van der Waals surface area contributed by atoms with Gasteiger partial charge in [0.2, 0.25) is 0 Å². The molecule has 0 atom stereocenters. The molecule has 5 nitrogen and oxygen atoms in total. The van der Waals surface area contributed by atoms with E-state index in [1.807, 2.05) is 19.9 Å². The lowest BCUT2D eigenvalue weighted by atomic mass is 10.0. The third-order valence-corrected chi connectivity index (χ3v) is 4.47. The zero-order chi connectivity index (χ0) is 17.1. The molecule has 2 heterocycles. The Labute approximate surface area is 141 Å². The van der Waals surface area contributed by atoms with E-state index >= 15 is 0 Å². The van der Waals surface area contributed by atoms with Crippen LogP contribution in [0.3, 0.4) is 0 Å². The highest BCUT2D eigenvalue weighted by molar-refractivity contribution is 5.92. The predicted molar refractivity (Wildman–Crippen MR) is 91.7 cm³/mol. The minimum absolute atomic E-state index is 0.105. The molecule has 2 aromatic rings. The molecule has 1 fully saturated rings. The van der Waals surface area contributed by atoms with Crippen molar-refractivity contribution in [2.75, 3.05) is 18.0 Å². The number of aromatic nitrogens is 2. The van der Waals surface area contributed by atoms with E-state index in [9.17, 15) is 9.18 Å². The largest absolute Gasteiger partial charge is 0.369 e. The Balaban J connectivity index is 1.57. The van der Waals surface area contributed by atoms with Crippen LogP contribution in [0, 0.1) is 12.7 Å². The molecule has 1 N–H and O–H groups in total. The van der Waals surface area contributed by atoms with Gasteiger partial charge < -0.3 is 10.2 Å². The van der Waals surface area contributed by atoms with Gasteiger partial charge in [-0.05, 0) is 50.5 Å². The fourth-order valence-electron chi connectivity index (χ4n) is 3.05. The van der Waals surface area contributed by atoms with Crippen LogP contribution < -0.4 is 10.2 Å². The quantitative estimate of drug-likeness (QED) is 0.938. The Morgan fingerprint density at radius 1 is 1.33 bits per heavy atom. The summed E-state index contributed by atoms with van der Waals surface area (Å²) in [5.74, 6) is -0.324. The number of anilines is 1. The number of hydrogen-bond donors (Lipinski definition) is 1. The Kier molecular flexibility index (Phi) is 4.83. The third kappa shape index (κ3) is 3.58. The smallest absolute Gasteiger partial charge is 0.271 e. The van der Waals surface area contributed by atoms with Gasteiger partial charge in [-0.2, -0.15) is 5.10 Å². The molecular weight excluding hydrogens is 307 g/mol. The molecule has 0 radical (unpaired) electrons. The summed E-state index contributed by atoms with van der Waals surface area (Å²) >= 11 is 0. The summed E-state index contributed by atoms with van der Waals surface area (Å²) in [6.45, 7) is 6.15. The van der Waals surface area contributed by atoms with Crippen molar-refractivity contribution in [2.45, 2.75) is 39.3 Å². The average molecular weight is 330 g/mol. The Hall–Kier alpha value is -2.37. The Morgan fingerprint density at radius 2 is 2.08 bits per heavy atom. The lowest BCUT2D eigenvalue weighted by Crippen LogP contribution is -2.45. The highest BCUT2D eigenvalue weighted by atomic mass is 19.1. The summed E-state index contributed by atoms with van der Waals surface area (Å²) in [4.78, 5) is 14.3. The monoisotopic (exact) mass is 330 g/mol. The number of hydrogen-bond acceptors (Lipinski definition) is 3. The summed E-state index contributed by atoms with van der Waals surface area (Å²) in [5.41, 5.74) is 2.15. The molecule has 0 aliphatic carbocycles. The normalized spacial score (nSPS) is 15.5. The number of halogens is 1. The molecule has 1 aliphatic heterocycles. The van der Waals surface area contributed by atoms with Gasteiger partial charge in [0.25, 0.3) is 5.91 Å². The van der Waals surface area contributed by atoms with Gasteiger partial charge in [-0.15, -0.1) is 0 Å². The number of piperidine rings is 1. The van der Waals surface area contributed by atoms with Crippen molar-refractivity contribution >= 4 is 11.6 Å². The summed E-state index contributed by atoms with van der Waals surface area (Å²) in [5, 5.41) is 7.26. The molecule has 6 heteroatoms. The molecule has 1 saturated heterocycles. The van der Waals surface area contributed by atoms with Crippen LogP contribution in [-0.4, -0.2) is 34.8 Å². The molecule has 0 spiro atoms. The third-order valence-electron chi connectivity index (χ3n) is 4.47. The number of benzene rings is 1. The van der Waals surface area contributed by atoms with Crippen LogP contribution in [0.5, 0.6) is 0 Å². The van der Waals surface area contributed by atoms with Crippen LogP contribution in [0.25, 0.3) is 0 Å². The highest BCUT2D eigenvalue weighted by Crippen LogP contribution is 2.24. The Morgan fingerprint density at radius 3 is 2.75 bits per heavy atom. The molecule has 1 aromatic carbocycles. The van der Waals surface area contributed by atoms with Crippen molar-refractivity contribution < 1.29 is 9.18 Å². The number of carbonyl (C=O) groups excluding carboxylic acids is 1. The fraction of sp³-hybridized carbons (Fsp3) is 0.444. The molecule has 1 aliphatic rings. The first-order valence-electron chi connectivity index (χ1n) is 8.42. The van der Waals surface area contributed by atoms with E-state index in [-0.39, 0.29) is 17.8 Å². The van der Waals surface area contributed by atoms with Crippen molar-refractivity contribution in [3.8, 4) is 0 Å². The molecule has 1 aromatic heterocycles. The van der Waals surface area contributed by atoms with Gasteiger partial charge in [-0.25, -0.2) is 4.39 Å². The first-order chi connectivity index (χ1) is 11.6. The second kappa shape index (κ2) is 7.03. The number of amides is 1. The molecule has 3 rings (SSSR count). The average Bonchev–Trinajstić information content (AvgIpc) is 3.07. The van der Waals surface area contributed by atoms with Crippen molar-refractivity contribution in [1.29, 1.82) is 0 Å². The van der Waals surface area contributed by atoms with Crippen LogP contribution in [-0.2, 0) is 6.54 Å². The number of nitrogens with one attached hydrogen (secondary N) is 1. The SMILES string of the molecule is CCn1ccc(C(=O)NC2CCN(c3cc(C)ccc3F)CC2)n1. The lowest BCUT2D eigenvalue weighted by molar-refractivity contribution is 0.0925. The lowest BCUT2D eigenvalue weighted by Gasteiger charge is -2.34. The maximum atomic E-state index is 14.0. The van der Waals surface area contributed by atoms with Gasteiger partial charge in [-0.3, -0.25) is 9.48 Å². The topological polar surface area (TPSA) is 50.2 Å². The first-order valence-corrected chi connectivity index (χ1v) is 8.42. The van der Waals surface area contributed by atoms with Gasteiger partial charge in [-0.1, -0.05) is 6.07 Å². The summed E-state index contributed by atoms with van der Waals surface area (Å²) in [6.07, 6.45) is 3.40. The van der Waals surface area contributed by atoms with Crippen molar-refractivity contribution in [2.24, 2.45) is 0 Å². The second-order valence-corrected chi connectivity index (χ2v) is 6.25. The van der Waals surface area contributed by atoms with Crippen LogP contribution >= 0.6 is 0 Å². The summed E-state index contributed by atoms with van der Waals surface area (Å²) in [7, 11) is 0. The van der Waals surface area contributed by atoms with Crippen LogP contribution in [0.15, 0.2) is 30.5 Å². The van der Waals surface area contributed by atoms with E-state index in [2.05, 4.69) is 15.3 Å². The molecule has 0 unspecified atom stereocenters. The van der Waals surface area contributed by atoms with Crippen molar-refractivity contribution in [3.05, 3.63) is 47.5 Å². The standard InChI is InChI=1S/C18H23FN4O/c1-3-23-11-8-16(21-23)18(24)20-14-6-9-22(10-7-14)17-12-13(2)4-5-15(17)19/h4-5,8,11-12,14H,3,6-7,9-10H2,1-2H3,(H,20,24). The van der Waals surface area contributed by atoms with Crippen molar-refractivity contribution in [1.82, 2.24) is 15.1 Å². The number of nitrogens with zero attached hydrogens (tertiary/aromatic N) is 3. The maximum Gasteiger partial charge on any atom is 0.271 e. The molecule has 0 saturated carbocycles. The van der Waals surface area contributed by atoms with Crippen molar-refractivity contribution in [3.63, 3.8) is 0 Å². The van der Waals surface area contributed by atoms with Gasteiger partial charge >= 0.3 is 0 Å². The van der Waals surface area contributed by atoms with Crippen LogP contribution in [0.4, 0.5) is 10.1 Å². The van der Waals surface area contributed by atoms with Gasteiger partial charge in [0, 0.05) is 31.9 Å². The molecule has 128 valence electrons. The number of carbonyl (C=O) groups is 1. The molecular formula is C18H23FN4O. The number of aryl methyl sites for hydroxylation is 2. The fourth-order valence-corrected chi connectivity index (χ4v) is 3.05. The summed E-state index contributed by atoms with van der Waals surface area (Å²) in [6, 6.07) is 7.01. The van der Waals surface area contributed by atoms with Gasteiger partial charge in [0.05, 0.1) is 5.69 Å². The van der Waals surface area contributed by atoms with E-state index in [1.54, 1.807) is 23.0 Å². The van der Waals surface area contributed by atoms with Gasteiger partial charge in [0.1, 0.15) is 11.5 Å². The van der Waals surface area contributed by atoms with E-state index in [0.717, 1.165) is 38.0 Å².